The smallest absolute Gasteiger partial charge is 0.407 e. The number of urea groups is 1. The van der Waals surface area contributed by atoms with Crippen LogP contribution < -0.4 is 26.6 Å². The second-order valence-corrected chi connectivity index (χ2v) is 11.7. The van der Waals surface area contributed by atoms with E-state index in [0.29, 0.717) is 25.8 Å². The molecule has 44 heavy (non-hydrogen) atoms. The second kappa shape index (κ2) is 16.4. The third-order valence-electron chi connectivity index (χ3n) is 7.40. The Morgan fingerprint density at radius 3 is 1.93 bits per heavy atom. The molecule has 4 fully saturated rings. The number of fused-ring (bicyclic) bond motifs is 1. The number of para-hydroxylation sites is 1. The Bertz CT molecular complexity index is 1230. The lowest BCUT2D eigenvalue weighted by Crippen LogP contribution is -2.36. The van der Waals surface area contributed by atoms with Crippen LogP contribution in [0.1, 0.15) is 57.7 Å². The zero-order chi connectivity index (χ0) is 32.1. The molecular formula is C32H46N6O6. The monoisotopic (exact) mass is 610 g/mol. The third-order valence-corrected chi connectivity index (χ3v) is 7.40. The lowest BCUT2D eigenvalue weighted by molar-refractivity contribution is -0.119. The lowest BCUT2D eigenvalue weighted by atomic mass is 10.0. The molecule has 7 rings (SSSR count). The number of rotatable bonds is 1. The number of anilines is 1. The first kappa shape index (κ1) is 34.0. The van der Waals surface area contributed by atoms with Gasteiger partial charge in [0, 0.05) is 31.7 Å². The number of alkyl carbamates (subject to hydrolysis) is 2. The van der Waals surface area contributed by atoms with Gasteiger partial charge in [0.25, 0.3) is 0 Å². The Morgan fingerprint density at radius 2 is 1.52 bits per heavy atom. The minimum atomic E-state index is -0.310. The number of carbonyl (C=O) groups excluding carboxylic acids is 4. The highest BCUT2D eigenvalue weighted by atomic mass is 16.6. The zero-order valence-electron chi connectivity index (χ0n) is 26.3. The van der Waals surface area contributed by atoms with Crippen molar-refractivity contribution in [3.63, 3.8) is 0 Å². The first-order chi connectivity index (χ1) is 20.9. The van der Waals surface area contributed by atoms with Crippen molar-refractivity contribution >= 4 is 29.8 Å². The Labute approximate surface area is 259 Å². The predicted molar refractivity (Wildman–Crippen MR) is 168 cm³/mol. The van der Waals surface area contributed by atoms with Gasteiger partial charge >= 0.3 is 18.2 Å². The molecule has 4 saturated heterocycles. The number of benzene rings is 2. The summed E-state index contributed by atoms with van der Waals surface area (Å²) in [5, 5.41) is 14.1. The summed E-state index contributed by atoms with van der Waals surface area (Å²) in [6.07, 6.45) is 2.32. The number of nitrogens with zero attached hydrogens (tertiary/aromatic N) is 1. The van der Waals surface area contributed by atoms with Crippen molar-refractivity contribution in [2.24, 2.45) is 0 Å². The van der Waals surface area contributed by atoms with E-state index in [-0.39, 0.29) is 41.7 Å². The van der Waals surface area contributed by atoms with E-state index in [4.69, 9.17) is 0 Å². The van der Waals surface area contributed by atoms with E-state index in [0.717, 1.165) is 24.9 Å². The van der Waals surface area contributed by atoms with Crippen molar-refractivity contribution in [3.8, 4) is 0 Å². The largest absolute Gasteiger partial charge is 0.448 e. The molecule has 5 amide bonds. The van der Waals surface area contributed by atoms with Crippen LogP contribution in [-0.2, 0) is 20.7 Å². The summed E-state index contributed by atoms with van der Waals surface area (Å²) in [4.78, 5) is 43.7. The van der Waals surface area contributed by atoms with Gasteiger partial charge in [-0.25, -0.2) is 14.4 Å². The van der Waals surface area contributed by atoms with E-state index in [2.05, 4.69) is 67.2 Å². The van der Waals surface area contributed by atoms with Crippen LogP contribution in [0, 0.1) is 0 Å². The summed E-state index contributed by atoms with van der Waals surface area (Å²) in [7, 11) is 1.82. The van der Waals surface area contributed by atoms with Gasteiger partial charge in [-0.05, 0) is 57.7 Å². The summed E-state index contributed by atoms with van der Waals surface area (Å²) < 4.78 is 9.02. The van der Waals surface area contributed by atoms with E-state index in [1.807, 2.05) is 58.2 Å². The molecule has 2 aromatic rings. The molecule has 5 aliphatic rings. The van der Waals surface area contributed by atoms with Gasteiger partial charge in [-0.2, -0.15) is 0 Å². The number of likely N-dealkylation sites (N-methyl/N-ethyl adjacent to an activating group) is 1. The van der Waals surface area contributed by atoms with Crippen molar-refractivity contribution in [3.05, 3.63) is 65.7 Å². The number of ether oxygens (including phenoxy) is 2. The fourth-order valence-corrected chi connectivity index (χ4v) is 4.74. The summed E-state index contributed by atoms with van der Waals surface area (Å²) in [5.74, 6) is 0.201. The highest BCUT2D eigenvalue weighted by Gasteiger charge is 2.34. The Morgan fingerprint density at radius 1 is 0.818 bits per heavy atom. The molecule has 3 atom stereocenters. The van der Waals surface area contributed by atoms with Gasteiger partial charge in [0.2, 0.25) is 5.91 Å². The van der Waals surface area contributed by atoms with E-state index < -0.39 is 0 Å². The van der Waals surface area contributed by atoms with E-state index >= 15 is 0 Å². The molecule has 240 valence electrons. The molecule has 0 saturated carbocycles. The minimum absolute atomic E-state index is 0.00588. The molecule has 0 aromatic heterocycles. The van der Waals surface area contributed by atoms with Crippen LogP contribution in [0.5, 0.6) is 0 Å². The molecular weight excluding hydrogens is 564 g/mol. The molecule has 5 aliphatic heterocycles. The normalized spacial score (nSPS) is 23.4. The fraction of sp³-hybridized carbons (Fsp3) is 0.500. The number of hydrogen-bond donors (Lipinski definition) is 5. The number of nitrogens with one attached hydrogen (secondary N) is 5. The highest BCUT2D eigenvalue weighted by molar-refractivity contribution is 5.78. The van der Waals surface area contributed by atoms with Gasteiger partial charge < -0.3 is 41.0 Å². The minimum Gasteiger partial charge on any atom is -0.448 e. The zero-order valence-corrected chi connectivity index (χ0v) is 26.3. The van der Waals surface area contributed by atoms with Crippen molar-refractivity contribution < 1.29 is 28.7 Å². The maximum Gasteiger partial charge on any atom is 0.407 e. The van der Waals surface area contributed by atoms with Gasteiger partial charge in [-0.1, -0.05) is 48.5 Å². The number of amides is 5. The van der Waals surface area contributed by atoms with E-state index in [9.17, 15) is 19.2 Å². The molecule has 5 heterocycles. The van der Waals surface area contributed by atoms with Crippen LogP contribution in [0.25, 0.3) is 0 Å². The van der Waals surface area contributed by atoms with Crippen molar-refractivity contribution in [1.29, 1.82) is 0 Å². The first-order valence-electron chi connectivity index (χ1n) is 15.0. The average Bonchev–Trinajstić information content (AvgIpc) is 3.84. The van der Waals surface area contributed by atoms with Gasteiger partial charge in [-0.15, -0.1) is 0 Å². The number of carbonyl (C=O) groups is 4. The van der Waals surface area contributed by atoms with Gasteiger partial charge in [0.05, 0.1) is 24.2 Å². The third kappa shape index (κ3) is 11.0. The Balaban J connectivity index is 0.000000156. The predicted octanol–water partition coefficient (Wildman–Crippen LogP) is 3.94. The fourth-order valence-electron chi connectivity index (χ4n) is 4.74. The van der Waals surface area contributed by atoms with Crippen LogP contribution in [-0.4, -0.2) is 80.0 Å². The van der Waals surface area contributed by atoms with Crippen LogP contribution in [0.2, 0.25) is 0 Å². The summed E-state index contributed by atoms with van der Waals surface area (Å²) in [6.45, 7) is 10.7. The molecule has 12 nitrogen and oxygen atoms in total. The summed E-state index contributed by atoms with van der Waals surface area (Å²) >= 11 is 0. The standard InChI is InChI=1S/C11H14N2O.C8H9N.C5H9NO2.C5H9NO.C3H5NO2/c1-8-10(12-11(14)13(8)2)9-6-4-3-5-7-9;1-2-4-8-7(3-1)5-6-9-8;1-5(2)3-8-4(7)6-5;1-4-2-3-5(7)6-4;5-3-4-1-2-6-3/h3-8,10H,1-2H3,(H,12,14);1-4,9H,5-6H2;3H2,1-2H3,(H,6,7);4H,2-3H2,1H3,(H,6,7);1-2H2,(H,4,5). The Hall–Kier alpha value is -4.48. The second-order valence-electron chi connectivity index (χ2n) is 11.7. The topological polar surface area (TPSA) is 150 Å². The molecule has 5 N–H and O–H groups in total. The van der Waals surface area contributed by atoms with Crippen LogP contribution >= 0.6 is 0 Å². The van der Waals surface area contributed by atoms with Gasteiger partial charge in [0.15, 0.2) is 0 Å². The van der Waals surface area contributed by atoms with Crippen molar-refractivity contribution in [2.45, 2.75) is 70.6 Å². The molecule has 0 aliphatic carbocycles. The van der Waals surface area contributed by atoms with Crippen molar-refractivity contribution in [2.75, 3.05) is 38.7 Å². The van der Waals surface area contributed by atoms with Crippen LogP contribution in [0.15, 0.2) is 54.6 Å². The quantitative estimate of drug-likeness (QED) is 0.328. The Kier molecular flexibility index (Phi) is 12.7. The maximum atomic E-state index is 11.4. The van der Waals surface area contributed by atoms with Gasteiger partial charge in [0.1, 0.15) is 13.2 Å². The number of cyclic esters (lactones) is 2. The molecule has 0 bridgehead atoms. The first-order valence-corrected chi connectivity index (χ1v) is 15.0. The highest BCUT2D eigenvalue weighted by Crippen LogP contribution is 2.25. The van der Waals surface area contributed by atoms with Gasteiger partial charge in [-0.3, -0.25) is 4.79 Å². The molecule has 0 spiro atoms. The summed E-state index contributed by atoms with van der Waals surface area (Å²) in [6, 6.07) is 19.3. The molecule has 2 aromatic carbocycles. The van der Waals surface area contributed by atoms with E-state index in [1.165, 1.54) is 17.7 Å². The summed E-state index contributed by atoms with van der Waals surface area (Å²) in [5.41, 5.74) is 3.78. The molecule has 12 heteroatoms. The molecule has 3 unspecified atom stereocenters. The maximum absolute atomic E-state index is 11.4. The molecule has 0 radical (unpaired) electrons. The van der Waals surface area contributed by atoms with E-state index in [1.54, 1.807) is 4.90 Å². The average molecular weight is 611 g/mol. The van der Waals surface area contributed by atoms with Crippen LogP contribution in [0.4, 0.5) is 20.1 Å². The number of hydrogen-bond acceptors (Lipinski definition) is 7. The SMILES string of the molecule is CC1(C)COC(=O)N1.CC1C(c2ccccc2)NC(=O)N1C.CC1CCC(=O)N1.O=C1NCCO1.c1ccc2c(c1)CCN2. The van der Waals surface area contributed by atoms with Crippen molar-refractivity contribution in [1.82, 2.24) is 26.2 Å². The van der Waals surface area contributed by atoms with Crippen LogP contribution in [0.3, 0.4) is 0 Å². The lowest BCUT2D eigenvalue weighted by Gasteiger charge is -2.18.